The van der Waals surface area contributed by atoms with E-state index in [0.29, 0.717) is 0 Å². The maximum atomic E-state index is 2.37. The summed E-state index contributed by atoms with van der Waals surface area (Å²) < 4.78 is 0. The minimum atomic E-state index is -0.399. The lowest BCUT2D eigenvalue weighted by molar-refractivity contribution is 0.768. The highest BCUT2D eigenvalue weighted by atomic mass is 15.1. The van der Waals surface area contributed by atoms with Gasteiger partial charge in [-0.25, -0.2) is 0 Å². The lowest BCUT2D eigenvalue weighted by Gasteiger charge is -2.34. The van der Waals surface area contributed by atoms with Gasteiger partial charge < -0.3 is 4.90 Å². The van der Waals surface area contributed by atoms with Gasteiger partial charge >= 0.3 is 0 Å². The van der Waals surface area contributed by atoms with Crippen molar-refractivity contribution in [3.8, 4) is 11.1 Å². The topological polar surface area (TPSA) is 3.24 Å². The van der Waals surface area contributed by atoms with Crippen molar-refractivity contribution in [3.63, 3.8) is 0 Å². The zero-order valence-corrected chi connectivity index (χ0v) is 23.2. The molecule has 0 spiro atoms. The van der Waals surface area contributed by atoms with Crippen LogP contribution < -0.4 is 4.90 Å². The molecule has 7 aromatic carbocycles. The third kappa shape index (κ3) is 3.64. The third-order valence-electron chi connectivity index (χ3n) is 8.74. The highest BCUT2D eigenvalue weighted by Gasteiger charge is 2.45. The summed E-state index contributed by atoms with van der Waals surface area (Å²) in [5.41, 5.74) is 10.9. The summed E-state index contributed by atoms with van der Waals surface area (Å²) in [4.78, 5) is 2.37. The number of fused-ring (bicyclic) bond motifs is 4. The standard InChI is InChI=1S/C41H29N/c1-3-16-31(17-4-1)41(38-23-11-9-21-36(38)37-22-10-12-24-39(37)41)32-26-28-34(29-27-32)42(33-18-5-2-6-19-33)40-25-13-15-30-14-7-8-20-35(30)40/h1-29H. The van der Waals surface area contributed by atoms with Crippen LogP contribution in [0.2, 0.25) is 0 Å². The Morgan fingerprint density at radius 2 is 0.857 bits per heavy atom. The number of benzene rings is 7. The van der Waals surface area contributed by atoms with Crippen LogP contribution in [0.15, 0.2) is 176 Å². The SMILES string of the molecule is c1ccc(N(c2ccc(C3(c4ccccc4)c4ccccc4-c4ccccc43)cc2)c2cccc3ccccc23)cc1. The molecule has 42 heavy (non-hydrogen) atoms. The normalized spacial score (nSPS) is 13.0. The predicted molar refractivity (Wildman–Crippen MR) is 176 cm³/mol. The molecule has 7 aromatic rings. The molecule has 0 atom stereocenters. The van der Waals surface area contributed by atoms with E-state index < -0.39 is 5.41 Å². The minimum absolute atomic E-state index is 0.399. The first-order chi connectivity index (χ1) is 20.9. The first-order valence-electron chi connectivity index (χ1n) is 14.5. The molecular weight excluding hydrogens is 506 g/mol. The highest BCUT2D eigenvalue weighted by Crippen LogP contribution is 2.56. The van der Waals surface area contributed by atoms with Gasteiger partial charge in [-0.1, -0.05) is 146 Å². The van der Waals surface area contributed by atoms with Crippen LogP contribution >= 0.6 is 0 Å². The van der Waals surface area contributed by atoms with E-state index in [0.717, 1.165) is 11.4 Å². The quantitative estimate of drug-likeness (QED) is 0.212. The lowest BCUT2D eigenvalue weighted by atomic mass is 9.68. The Morgan fingerprint density at radius 1 is 0.357 bits per heavy atom. The molecule has 0 aromatic heterocycles. The maximum absolute atomic E-state index is 2.37. The molecule has 0 bridgehead atoms. The van der Waals surface area contributed by atoms with E-state index in [-0.39, 0.29) is 0 Å². The summed E-state index contributed by atoms with van der Waals surface area (Å²) >= 11 is 0. The van der Waals surface area contributed by atoms with Gasteiger partial charge in [0.1, 0.15) is 0 Å². The van der Waals surface area contributed by atoms with Gasteiger partial charge in [-0.2, -0.15) is 0 Å². The monoisotopic (exact) mass is 535 g/mol. The second kappa shape index (κ2) is 9.90. The van der Waals surface area contributed by atoms with Crippen LogP contribution in [0, 0.1) is 0 Å². The molecule has 0 N–H and O–H groups in total. The average molecular weight is 536 g/mol. The summed E-state index contributed by atoms with van der Waals surface area (Å²) in [5.74, 6) is 0. The van der Waals surface area contributed by atoms with Crippen molar-refractivity contribution < 1.29 is 0 Å². The van der Waals surface area contributed by atoms with Crippen molar-refractivity contribution in [2.24, 2.45) is 0 Å². The minimum Gasteiger partial charge on any atom is -0.310 e. The molecule has 0 amide bonds. The summed E-state index contributed by atoms with van der Waals surface area (Å²) in [7, 11) is 0. The van der Waals surface area contributed by atoms with E-state index in [1.54, 1.807) is 0 Å². The molecular formula is C41H29N. The van der Waals surface area contributed by atoms with E-state index in [9.17, 15) is 0 Å². The third-order valence-corrected chi connectivity index (χ3v) is 8.74. The Bertz CT molecular complexity index is 1970. The molecule has 0 fully saturated rings. The van der Waals surface area contributed by atoms with Crippen molar-refractivity contribution in [2.45, 2.75) is 5.41 Å². The van der Waals surface area contributed by atoms with Crippen LogP contribution in [0.1, 0.15) is 22.3 Å². The van der Waals surface area contributed by atoms with E-state index in [1.165, 1.54) is 49.8 Å². The molecule has 1 nitrogen and oxygen atoms in total. The van der Waals surface area contributed by atoms with Gasteiger partial charge in [-0.05, 0) is 69.1 Å². The van der Waals surface area contributed by atoms with E-state index in [4.69, 9.17) is 0 Å². The van der Waals surface area contributed by atoms with Crippen LogP contribution in [-0.4, -0.2) is 0 Å². The summed E-state index contributed by atoms with van der Waals surface area (Å²) in [6.45, 7) is 0. The predicted octanol–water partition coefficient (Wildman–Crippen LogP) is 10.7. The van der Waals surface area contributed by atoms with Crippen LogP contribution in [0.5, 0.6) is 0 Å². The van der Waals surface area contributed by atoms with E-state index in [1.807, 2.05) is 0 Å². The Balaban J connectivity index is 1.36. The maximum Gasteiger partial charge on any atom is 0.0713 e. The van der Waals surface area contributed by atoms with Crippen molar-refractivity contribution in [3.05, 3.63) is 198 Å². The van der Waals surface area contributed by atoms with Crippen LogP contribution in [0.4, 0.5) is 17.1 Å². The van der Waals surface area contributed by atoms with Gasteiger partial charge in [0, 0.05) is 16.8 Å². The van der Waals surface area contributed by atoms with Crippen molar-refractivity contribution in [1.29, 1.82) is 0 Å². The largest absolute Gasteiger partial charge is 0.310 e. The van der Waals surface area contributed by atoms with Gasteiger partial charge in [-0.15, -0.1) is 0 Å². The molecule has 0 saturated heterocycles. The van der Waals surface area contributed by atoms with Crippen molar-refractivity contribution in [2.75, 3.05) is 4.90 Å². The van der Waals surface area contributed by atoms with Gasteiger partial charge in [0.2, 0.25) is 0 Å². The van der Waals surface area contributed by atoms with Gasteiger partial charge in [0.05, 0.1) is 11.1 Å². The molecule has 0 radical (unpaired) electrons. The van der Waals surface area contributed by atoms with Crippen LogP contribution in [-0.2, 0) is 5.41 Å². The van der Waals surface area contributed by atoms with Gasteiger partial charge in [0.25, 0.3) is 0 Å². The Kier molecular flexibility index (Phi) is 5.75. The molecule has 1 heteroatoms. The average Bonchev–Trinajstić information content (AvgIpc) is 3.37. The number of para-hydroxylation sites is 1. The molecule has 0 aliphatic heterocycles. The summed E-state index contributed by atoms with van der Waals surface area (Å²) in [6.07, 6.45) is 0. The fourth-order valence-corrected chi connectivity index (χ4v) is 6.98. The van der Waals surface area contributed by atoms with E-state index >= 15 is 0 Å². The van der Waals surface area contributed by atoms with Crippen molar-refractivity contribution >= 4 is 27.8 Å². The molecule has 198 valence electrons. The number of anilines is 3. The van der Waals surface area contributed by atoms with Gasteiger partial charge in [0.15, 0.2) is 0 Å². The van der Waals surface area contributed by atoms with Crippen molar-refractivity contribution in [1.82, 2.24) is 0 Å². The fourth-order valence-electron chi connectivity index (χ4n) is 6.98. The number of nitrogens with zero attached hydrogens (tertiary/aromatic N) is 1. The summed E-state index contributed by atoms with van der Waals surface area (Å²) in [6, 6.07) is 63.9. The lowest BCUT2D eigenvalue weighted by Crippen LogP contribution is -2.28. The second-order valence-corrected chi connectivity index (χ2v) is 10.9. The first kappa shape index (κ1) is 24.4. The fraction of sp³-hybridized carbons (Fsp3) is 0.0244. The summed E-state index contributed by atoms with van der Waals surface area (Å²) in [5, 5.41) is 2.46. The zero-order valence-electron chi connectivity index (χ0n) is 23.2. The Labute approximate surface area is 247 Å². The molecule has 1 aliphatic rings. The number of hydrogen-bond acceptors (Lipinski definition) is 1. The zero-order chi connectivity index (χ0) is 27.9. The van der Waals surface area contributed by atoms with E-state index in [2.05, 4.69) is 181 Å². The molecule has 1 aliphatic carbocycles. The molecule has 0 heterocycles. The smallest absolute Gasteiger partial charge is 0.0713 e. The Hall–Kier alpha value is -5.40. The van der Waals surface area contributed by atoms with Gasteiger partial charge in [-0.3, -0.25) is 0 Å². The molecule has 8 rings (SSSR count). The molecule has 0 unspecified atom stereocenters. The number of rotatable bonds is 5. The highest BCUT2D eigenvalue weighted by molar-refractivity contribution is 5.99. The first-order valence-corrected chi connectivity index (χ1v) is 14.5. The molecule has 0 saturated carbocycles. The second-order valence-electron chi connectivity index (χ2n) is 10.9. The van der Waals surface area contributed by atoms with Crippen LogP contribution in [0.3, 0.4) is 0 Å². The van der Waals surface area contributed by atoms with Crippen LogP contribution in [0.25, 0.3) is 21.9 Å². The number of hydrogen-bond donors (Lipinski definition) is 0. The Morgan fingerprint density at radius 3 is 1.55 bits per heavy atom.